The second-order valence-corrected chi connectivity index (χ2v) is 7.35. The van der Waals surface area contributed by atoms with Crippen molar-refractivity contribution in [1.82, 2.24) is 5.32 Å². The number of hydrogen-bond donors (Lipinski definition) is 1. The Morgan fingerprint density at radius 2 is 1.71 bits per heavy atom. The van der Waals surface area contributed by atoms with Crippen LogP contribution in [0.2, 0.25) is 0 Å². The van der Waals surface area contributed by atoms with Crippen LogP contribution >= 0.6 is 0 Å². The van der Waals surface area contributed by atoms with Crippen LogP contribution in [-0.4, -0.2) is 20.3 Å². The van der Waals surface area contributed by atoms with E-state index in [9.17, 15) is 0 Å². The monoisotopic (exact) mass is 291 g/mol. The predicted molar refractivity (Wildman–Crippen MR) is 91.7 cm³/mol. The first kappa shape index (κ1) is 18.2. The van der Waals surface area contributed by atoms with Crippen LogP contribution in [0.15, 0.2) is 24.3 Å². The number of hydrogen-bond acceptors (Lipinski definition) is 2. The Balaban J connectivity index is 2.49. The van der Waals surface area contributed by atoms with Crippen molar-refractivity contribution in [3.05, 3.63) is 35.4 Å². The summed E-state index contributed by atoms with van der Waals surface area (Å²) in [5.74, 6) is 0.716. The van der Waals surface area contributed by atoms with E-state index in [2.05, 4.69) is 64.2 Å². The van der Waals surface area contributed by atoms with Gasteiger partial charge in [0.25, 0.3) is 0 Å². The molecular weight excluding hydrogens is 258 g/mol. The predicted octanol–water partition coefficient (Wildman–Crippen LogP) is 4.60. The van der Waals surface area contributed by atoms with Crippen molar-refractivity contribution >= 4 is 0 Å². The van der Waals surface area contributed by atoms with E-state index in [1.54, 1.807) is 7.11 Å². The molecule has 2 nitrogen and oxygen atoms in total. The number of ether oxygens (including phenoxy) is 1. The molecule has 0 bridgehead atoms. The van der Waals surface area contributed by atoms with Gasteiger partial charge in [-0.2, -0.15) is 0 Å². The van der Waals surface area contributed by atoms with Crippen LogP contribution in [0, 0.1) is 11.3 Å². The van der Waals surface area contributed by atoms with Crippen LogP contribution in [0.3, 0.4) is 0 Å². The minimum atomic E-state index is 0.266. The standard InChI is InChI=1S/C19H33NO/c1-15(2)13-17-7-9-18(10-8-17)16(3)20-14-19(4,5)11-12-21-6/h7-10,15-16,20H,11-14H2,1-6H3. The third-order valence-electron chi connectivity index (χ3n) is 3.99. The zero-order valence-electron chi connectivity index (χ0n) is 14.7. The summed E-state index contributed by atoms with van der Waals surface area (Å²) in [7, 11) is 1.77. The molecule has 0 saturated heterocycles. The molecule has 21 heavy (non-hydrogen) atoms. The van der Waals surface area contributed by atoms with E-state index in [0.29, 0.717) is 12.0 Å². The van der Waals surface area contributed by atoms with Crippen LogP contribution in [0.4, 0.5) is 0 Å². The van der Waals surface area contributed by atoms with Crippen molar-refractivity contribution in [1.29, 1.82) is 0 Å². The van der Waals surface area contributed by atoms with E-state index >= 15 is 0 Å². The van der Waals surface area contributed by atoms with Gasteiger partial charge in [-0.3, -0.25) is 0 Å². The van der Waals surface area contributed by atoms with Crippen molar-refractivity contribution < 1.29 is 4.74 Å². The van der Waals surface area contributed by atoms with Gasteiger partial charge < -0.3 is 10.1 Å². The molecule has 1 aromatic carbocycles. The summed E-state index contributed by atoms with van der Waals surface area (Å²) in [4.78, 5) is 0. The molecular formula is C19H33NO. The van der Waals surface area contributed by atoms with Crippen molar-refractivity contribution in [2.24, 2.45) is 11.3 Å². The fourth-order valence-corrected chi connectivity index (χ4v) is 2.43. The van der Waals surface area contributed by atoms with Crippen molar-refractivity contribution in [3.63, 3.8) is 0 Å². The largest absolute Gasteiger partial charge is 0.385 e. The maximum absolute atomic E-state index is 5.19. The van der Waals surface area contributed by atoms with Crippen molar-refractivity contribution in [2.75, 3.05) is 20.3 Å². The lowest BCUT2D eigenvalue weighted by atomic mass is 9.89. The molecule has 0 aliphatic heterocycles. The van der Waals surface area contributed by atoms with Gasteiger partial charge in [-0.1, -0.05) is 52.0 Å². The highest BCUT2D eigenvalue weighted by Crippen LogP contribution is 2.21. The van der Waals surface area contributed by atoms with Crippen molar-refractivity contribution in [2.45, 2.75) is 53.5 Å². The summed E-state index contributed by atoms with van der Waals surface area (Å²) < 4.78 is 5.19. The van der Waals surface area contributed by atoms with Gasteiger partial charge in [0, 0.05) is 26.3 Å². The Morgan fingerprint density at radius 1 is 1.10 bits per heavy atom. The van der Waals surface area contributed by atoms with E-state index in [0.717, 1.165) is 26.0 Å². The highest BCUT2D eigenvalue weighted by Gasteiger charge is 2.18. The third kappa shape index (κ3) is 7.10. The minimum absolute atomic E-state index is 0.266. The van der Waals surface area contributed by atoms with E-state index < -0.39 is 0 Å². The summed E-state index contributed by atoms with van der Waals surface area (Å²) in [5, 5.41) is 3.65. The summed E-state index contributed by atoms with van der Waals surface area (Å²) in [5.41, 5.74) is 3.06. The number of rotatable bonds is 9. The molecule has 1 aromatic rings. The molecule has 1 unspecified atom stereocenters. The number of nitrogens with one attached hydrogen (secondary N) is 1. The molecule has 0 fully saturated rings. The lowest BCUT2D eigenvalue weighted by Crippen LogP contribution is -2.32. The van der Waals surface area contributed by atoms with Gasteiger partial charge in [0.1, 0.15) is 0 Å². The van der Waals surface area contributed by atoms with Gasteiger partial charge in [0.2, 0.25) is 0 Å². The third-order valence-corrected chi connectivity index (χ3v) is 3.99. The van der Waals surface area contributed by atoms with Gasteiger partial charge >= 0.3 is 0 Å². The van der Waals surface area contributed by atoms with E-state index in [4.69, 9.17) is 4.74 Å². The van der Waals surface area contributed by atoms with E-state index in [1.165, 1.54) is 11.1 Å². The first-order valence-corrected chi connectivity index (χ1v) is 8.15. The summed E-state index contributed by atoms with van der Waals surface area (Å²) in [6, 6.07) is 9.45. The van der Waals surface area contributed by atoms with Gasteiger partial charge in [-0.15, -0.1) is 0 Å². The highest BCUT2D eigenvalue weighted by molar-refractivity contribution is 5.25. The molecule has 0 aliphatic carbocycles. The second kappa shape index (κ2) is 8.55. The van der Waals surface area contributed by atoms with E-state index in [1.807, 2.05) is 0 Å². The second-order valence-electron chi connectivity index (χ2n) is 7.35. The highest BCUT2D eigenvalue weighted by atomic mass is 16.5. The van der Waals surface area contributed by atoms with Crippen LogP contribution in [0.1, 0.15) is 58.2 Å². The first-order valence-electron chi connectivity index (χ1n) is 8.15. The molecule has 0 aromatic heterocycles. The Morgan fingerprint density at radius 3 is 2.24 bits per heavy atom. The normalized spacial score (nSPS) is 13.7. The summed E-state index contributed by atoms with van der Waals surface area (Å²) in [6.07, 6.45) is 2.24. The Labute approximate surface area is 131 Å². The van der Waals surface area contributed by atoms with Gasteiger partial charge in [0.05, 0.1) is 0 Å². The number of methoxy groups -OCH3 is 1. The van der Waals surface area contributed by atoms with Gasteiger partial charge in [-0.25, -0.2) is 0 Å². The molecule has 2 heteroatoms. The van der Waals surface area contributed by atoms with Gasteiger partial charge in [0.15, 0.2) is 0 Å². The molecule has 0 amide bonds. The average molecular weight is 291 g/mol. The lowest BCUT2D eigenvalue weighted by molar-refractivity contribution is 0.149. The average Bonchev–Trinajstić information content (AvgIpc) is 2.43. The summed E-state index contributed by atoms with van der Waals surface area (Å²) >= 11 is 0. The number of benzene rings is 1. The van der Waals surface area contributed by atoms with Crippen LogP contribution in [-0.2, 0) is 11.2 Å². The molecule has 1 N–H and O–H groups in total. The molecule has 1 rings (SSSR count). The Kier molecular flexibility index (Phi) is 7.41. The van der Waals surface area contributed by atoms with Crippen LogP contribution in [0.25, 0.3) is 0 Å². The van der Waals surface area contributed by atoms with Crippen LogP contribution in [0.5, 0.6) is 0 Å². The maximum atomic E-state index is 5.19. The lowest BCUT2D eigenvalue weighted by Gasteiger charge is -2.27. The first-order chi connectivity index (χ1) is 9.84. The zero-order chi connectivity index (χ0) is 15.9. The van der Waals surface area contributed by atoms with Crippen molar-refractivity contribution in [3.8, 4) is 0 Å². The Bertz CT molecular complexity index is 395. The zero-order valence-corrected chi connectivity index (χ0v) is 14.7. The SMILES string of the molecule is COCCC(C)(C)CNC(C)c1ccc(CC(C)C)cc1. The molecule has 0 saturated carbocycles. The smallest absolute Gasteiger partial charge is 0.0467 e. The molecule has 1 atom stereocenters. The maximum Gasteiger partial charge on any atom is 0.0467 e. The topological polar surface area (TPSA) is 21.3 Å². The molecule has 120 valence electrons. The molecule has 0 spiro atoms. The Hall–Kier alpha value is -0.860. The molecule has 0 heterocycles. The molecule has 0 aliphatic rings. The fourth-order valence-electron chi connectivity index (χ4n) is 2.43. The fraction of sp³-hybridized carbons (Fsp3) is 0.684. The quantitative estimate of drug-likeness (QED) is 0.718. The summed E-state index contributed by atoms with van der Waals surface area (Å²) in [6.45, 7) is 13.2. The van der Waals surface area contributed by atoms with Gasteiger partial charge in [-0.05, 0) is 42.2 Å². The molecule has 0 radical (unpaired) electrons. The van der Waals surface area contributed by atoms with Crippen LogP contribution < -0.4 is 5.32 Å². The van der Waals surface area contributed by atoms with E-state index in [-0.39, 0.29) is 5.41 Å². The minimum Gasteiger partial charge on any atom is -0.385 e.